The summed E-state index contributed by atoms with van der Waals surface area (Å²) in [4.78, 5) is 12.3. The lowest BCUT2D eigenvalue weighted by molar-refractivity contribution is -0.207. The Morgan fingerprint density at radius 1 is 0.912 bits per heavy atom. The van der Waals surface area contributed by atoms with E-state index in [9.17, 15) is 9.90 Å². The minimum Gasteiger partial charge on any atom is -0.481 e. The molecule has 2 unspecified atom stereocenters. The summed E-state index contributed by atoms with van der Waals surface area (Å²) in [6, 6.07) is 0. The molecule has 5 rings (SSSR count). The molecular formula is C31H50O3. The van der Waals surface area contributed by atoms with Gasteiger partial charge in [0, 0.05) is 7.11 Å². The number of ether oxygens (including phenoxy) is 1. The molecule has 0 aromatic heterocycles. The highest BCUT2D eigenvalue weighted by Gasteiger charge is 2.68. The Labute approximate surface area is 208 Å². The van der Waals surface area contributed by atoms with E-state index in [1.165, 1.54) is 44.9 Å². The van der Waals surface area contributed by atoms with Crippen LogP contribution in [0.15, 0.2) is 11.6 Å². The van der Waals surface area contributed by atoms with Gasteiger partial charge in [0.1, 0.15) is 0 Å². The molecule has 0 saturated heterocycles. The van der Waals surface area contributed by atoms with Crippen molar-refractivity contribution in [1.29, 1.82) is 0 Å². The van der Waals surface area contributed by atoms with Crippen LogP contribution in [0, 0.1) is 50.2 Å². The highest BCUT2D eigenvalue weighted by molar-refractivity contribution is 5.74. The number of carboxylic acids is 1. The predicted molar refractivity (Wildman–Crippen MR) is 137 cm³/mol. The van der Waals surface area contributed by atoms with Crippen molar-refractivity contribution >= 4 is 5.97 Å². The molecule has 5 aliphatic carbocycles. The molecule has 4 saturated carbocycles. The Bertz CT molecular complexity index is 904. The van der Waals surface area contributed by atoms with Crippen molar-refractivity contribution in [2.24, 2.45) is 50.2 Å². The number of carboxylic acid groups (broad SMARTS) is 1. The largest absolute Gasteiger partial charge is 0.481 e. The lowest BCUT2D eigenvalue weighted by atomic mass is 9.33. The fraction of sp³-hybridized carbons (Fsp3) is 0.903. The summed E-state index contributed by atoms with van der Waals surface area (Å²) >= 11 is 0. The Morgan fingerprint density at radius 2 is 1.59 bits per heavy atom. The summed E-state index contributed by atoms with van der Waals surface area (Å²) in [5.41, 5.74) is 2.38. The van der Waals surface area contributed by atoms with Crippen LogP contribution in [0.5, 0.6) is 0 Å². The van der Waals surface area contributed by atoms with Crippen LogP contribution in [-0.2, 0) is 9.53 Å². The first-order valence-electron chi connectivity index (χ1n) is 14.1. The van der Waals surface area contributed by atoms with Crippen molar-refractivity contribution in [2.75, 3.05) is 7.11 Å². The maximum Gasteiger partial charge on any atom is 0.309 e. The zero-order valence-corrected chi connectivity index (χ0v) is 23.2. The molecule has 1 N–H and O–H groups in total. The van der Waals surface area contributed by atoms with E-state index < -0.39 is 11.4 Å². The molecule has 0 spiro atoms. The predicted octanol–water partition coefficient (Wildman–Crippen LogP) is 7.89. The van der Waals surface area contributed by atoms with E-state index in [2.05, 4.69) is 47.6 Å². The van der Waals surface area contributed by atoms with E-state index in [-0.39, 0.29) is 21.7 Å². The summed E-state index contributed by atoms with van der Waals surface area (Å²) in [7, 11) is 1.91. The smallest absolute Gasteiger partial charge is 0.309 e. The first kappa shape index (κ1) is 24.8. The molecule has 3 heteroatoms. The van der Waals surface area contributed by atoms with Crippen LogP contribution in [0.2, 0.25) is 0 Å². The quantitative estimate of drug-likeness (QED) is 0.417. The fourth-order valence-electron chi connectivity index (χ4n) is 10.9. The van der Waals surface area contributed by atoms with Gasteiger partial charge in [-0.3, -0.25) is 4.79 Å². The summed E-state index contributed by atoms with van der Waals surface area (Å²) < 4.78 is 6.02. The maximum absolute atomic E-state index is 12.3. The first-order valence-corrected chi connectivity index (χ1v) is 14.1. The maximum atomic E-state index is 12.3. The van der Waals surface area contributed by atoms with E-state index >= 15 is 0 Å². The van der Waals surface area contributed by atoms with Gasteiger partial charge in [-0.05, 0) is 116 Å². The molecular weight excluding hydrogens is 420 g/mol. The lowest BCUT2D eigenvalue weighted by Gasteiger charge is -2.71. The Morgan fingerprint density at radius 3 is 2.24 bits per heavy atom. The lowest BCUT2D eigenvalue weighted by Crippen LogP contribution is -2.64. The molecule has 0 heterocycles. The van der Waals surface area contributed by atoms with Crippen molar-refractivity contribution in [3.8, 4) is 0 Å². The fourth-order valence-corrected chi connectivity index (χ4v) is 10.9. The highest BCUT2D eigenvalue weighted by Crippen LogP contribution is 2.75. The van der Waals surface area contributed by atoms with Gasteiger partial charge in [-0.1, -0.05) is 53.2 Å². The Balaban J connectivity index is 1.56. The summed E-state index contributed by atoms with van der Waals surface area (Å²) in [6.45, 7) is 17.3. The molecule has 3 nitrogen and oxygen atoms in total. The van der Waals surface area contributed by atoms with Crippen LogP contribution in [0.4, 0.5) is 0 Å². The topological polar surface area (TPSA) is 46.5 Å². The molecule has 4 fully saturated rings. The Kier molecular flexibility index (Phi) is 5.38. The standard InChI is InChI=1S/C31H50O3/c1-26(2)22-11-14-31(7)23(29(22,5)13-12-24(26)34-8)10-9-20-21-19-28(4,25(32)33)16-15-27(21,3)17-18-30(20,31)6/h9,21-24H,10-19H2,1-8H3,(H,32,33)/t21-,22?,23?,24-,27+,28-,29-,30+,31+/m0/s1. The van der Waals surface area contributed by atoms with Crippen LogP contribution >= 0.6 is 0 Å². The molecule has 5 aliphatic rings. The van der Waals surface area contributed by atoms with Crippen LogP contribution < -0.4 is 0 Å². The minimum atomic E-state index is -0.590. The zero-order valence-electron chi connectivity index (χ0n) is 23.2. The van der Waals surface area contributed by atoms with Gasteiger partial charge in [-0.15, -0.1) is 0 Å². The molecule has 0 amide bonds. The molecule has 0 bridgehead atoms. The third kappa shape index (κ3) is 2.94. The molecule has 0 aromatic rings. The van der Waals surface area contributed by atoms with Crippen LogP contribution in [0.1, 0.15) is 113 Å². The monoisotopic (exact) mass is 470 g/mol. The second kappa shape index (κ2) is 7.36. The average Bonchev–Trinajstić information content (AvgIpc) is 2.75. The van der Waals surface area contributed by atoms with Gasteiger partial charge in [0.15, 0.2) is 0 Å². The van der Waals surface area contributed by atoms with Gasteiger partial charge in [0.05, 0.1) is 11.5 Å². The van der Waals surface area contributed by atoms with E-state index in [4.69, 9.17) is 4.74 Å². The third-order valence-corrected chi connectivity index (χ3v) is 13.6. The number of rotatable bonds is 2. The van der Waals surface area contributed by atoms with Gasteiger partial charge < -0.3 is 9.84 Å². The van der Waals surface area contributed by atoms with Crippen molar-refractivity contribution in [3.05, 3.63) is 11.6 Å². The van der Waals surface area contributed by atoms with Crippen molar-refractivity contribution in [2.45, 2.75) is 119 Å². The molecule has 9 atom stereocenters. The number of allylic oxidation sites excluding steroid dienone is 2. The SMILES string of the molecule is CO[C@H]1CC[C@@]2(C)C(CC[C@]3(C)C2CC=C2[C@@H]4C[C@@](C)(C(=O)O)CC[C@]4(C)CC[C@]23C)C1(C)C. The van der Waals surface area contributed by atoms with Crippen LogP contribution in [0.3, 0.4) is 0 Å². The number of hydrogen-bond acceptors (Lipinski definition) is 2. The zero-order chi connectivity index (χ0) is 24.9. The molecule has 0 aromatic carbocycles. The van der Waals surface area contributed by atoms with E-state index in [1.54, 1.807) is 5.57 Å². The van der Waals surface area contributed by atoms with Crippen molar-refractivity contribution in [3.63, 3.8) is 0 Å². The Hall–Kier alpha value is -0.830. The summed E-state index contributed by atoms with van der Waals surface area (Å²) in [6.07, 6.45) is 14.5. The first-order chi connectivity index (χ1) is 15.7. The van der Waals surface area contributed by atoms with Crippen LogP contribution in [0.25, 0.3) is 0 Å². The molecule has 192 valence electrons. The molecule has 0 aliphatic heterocycles. The second-order valence-corrected chi connectivity index (χ2v) is 15.2. The normalized spacial score (nSPS) is 54.1. The average molecular weight is 471 g/mol. The van der Waals surface area contributed by atoms with E-state index in [0.29, 0.717) is 29.3 Å². The van der Waals surface area contributed by atoms with Crippen molar-refractivity contribution < 1.29 is 14.6 Å². The number of carbonyl (C=O) groups is 1. The van der Waals surface area contributed by atoms with Gasteiger partial charge >= 0.3 is 5.97 Å². The van der Waals surface area contributed by atoms with Gasteiger partial charge in [-0.25, -0.2) is 0 Å². The number of hydrogen-bond donors (Lipinski definition) is 1. The molecule has 34 heavy (non-hydrogen) atoms. The summed E-state index contributed by atoms with van der Waals surface area (Å²) in [5, 5.41) is 10.1. The minimum absolute atomic E-state index is 0.188. The number of methoxy groups -OCH3 is 1. The number of aliphatic carboxylic acids is 1. The number of fused-ring (bicyclic) bond motifs is 7. The summed E-state index contributed by atoms with van der Waals surface area (Å²) in [5.74, 6) is 1.23. The van der Waals surface area contributed by atoms with Crippen LogP contribution in [-0.4, -0.2) is 24.3 Å². The van der Waals surface area contributed by atoms with E-state index in [1.807, 2.05) is 14.0 Å². The van der Waals surface area contributed by atoms with E-state index in [0.717, 1.165) is 19.3 Å². The molecule has 0 radical (unpaired) electrons. The van der Waals surface area contributed by atoms with Gasteiger partial charge in [0.2, 0.25) is 0 Å². The highest BCUT2D eigenvalue weighted by atomic mass is 16.5. The van der Waals surface area contributed by atoms with Gasteiger partial charge in [-0.2, -0.15) is 0 Å². The van der Waals surface area contributed by atoms with Crippen molar-refractivity contribution in [1.82, 2.24) is 0 Å². The van der Waals surface area contributed by atoms with Gasteiger partial charge in [0.25, 0.3) is 0 Å². The third-order valence-electron chi connectivity index (χ3n) is 13.6. The second-order valence-electron chi connectivity index (χ2n) is 15.2.